The van der Waals surface area contributed by atoms with Crippen molar-refractivity contribution in [2.24, 2.45) is 5.92 Å². The summed E-state index contributed by atoms with van der Waals surface area (Å²) in [7, 11) is 0. The zero-order chi connectivity index (χ0) is 28.4. The first-order chi connectivity index (χ1) is 18.3. The second kappa shape index (κ2) is 11.6. The molecule has 0 saturated heterocycles. The quantitative estimate of drug-likeness (QED) is 0.213. The number of pyridine rings is 1. The Bertz CT molecular complexity index is 1330. The number of aromatic nitrogens is 1. The highest BCUT2D eigenvalue weighted by Gasteiger charge is 2.30. The second-order valence-corrected chi connectivity index (χ2v) is 12.2. The van der Waals surface area contributed by atoms with Gasteiger partial charge < -0.3 is 14.6 Å². The van der Waals surface area contributed by atoms with E-state index in [1.807, 2.05) is 64.1 Å². The minimum Gasteiger partial charge on any atom is -0.460 e. The Hall–Kier alpha value is -3.09. The molecule has 1 saturated carbocycles. The Morgan fingerprint density at radius 1 is 1.10 bits per heavy atom. The van der Waals surface area contributed by atoms with E-state index in [2.05, 4.69) is 0 Å². The summed E-state index contributed by atoms with van der Waals surface area (Å²) < 4.78 is 25.4. The molecule has 0 amide bonds. The molecule has 3 aromatic rings. The molecule has 0 unspecified atom stereocenters. The van der Waals surface area contributed by atoms with Crippen molar-refractivity contribution in [3.63, 3.8) is 0 Å². The van der Waals surface area contributed by atoms with Crippen LogP contribution in [0.15, 0.2) is 54.6 Å². The van der Waals surface area contributed by atoms with Crippen LogP contribution in [-0.2, 0) is 14.3 Å². The van der Waals surface area contributed by atoms with Crippen molar-refractivity contribution >= 4 is 22.9 Å². The van der Waals surface area contributed by atoms with Gasteiger partial charge in [-0.2, -0.15) is 0 Å². The number of rotatable bonds is 10. The number of ether oxygens (including phenoxy) is 2. The second-order valence-electron chi connectivity index (χ2n) is 12.2. The smallest absolute Gasteiger partial charge is 0.306 e. The Kier molecular flexibility index (Phi) is 8.57. The van der Waals surface area contributed by atoms with Crippen molar-refractivity contribution in [2.45, 2.75) is 90.6 Å². The number of halogens is 1. The number of fused-ring (bicyclic) bond motifs is 1. The van der Waals surface area contributed by atoms with E-state index in [4.69, 9.17) is 14.5 Å². The molecule has 2 atom stereocenters. The molecule has 1 fully saturated rings. The van der Waals surface area contributed by atoms with E-state index in [-0.39, 0.29) is 24.1 Å². The molecule has 1 N–H and O–H groups in total. The van der Waals surface area contributed by atoms with Crippen molar-refractivity contribution < 1.29 is 23.8 Å². The normalized spacial score (nSPS) is 16.0. The standard InChI is InChI=1S/C33H40FNO4/c1-21(20-29(36)39-32(2,3)4)19-25(38-33(5,6)37)17-18-27-30(22-13-15-24(34)16-14-22)26-9-7-8-10-28(26)35-31(27)23-11-12-23/h7-10,13-18,21,23,25,37H,11-12,19-20H2,1-6H3/b18-17+/t21-,25-/m1/s1. The number of carbonyl (C=O) groups is 1. The maximum Gasteiger partial charge on any atom is 0.306 e. The van der Waals surface area contributed by atoms with Gasteiger partial charge in [0, 0.05) is 28.9 Å². The third-order valence-electron chi connectivity index (χ3n) is 6.54. The Morgan fingerprint density at radius 3 is 2.38 bits per heavy atom. The van der Waals surface area contributed by atoms with Crippen LogP contribution in [0.4, 0.5) is 4.39 Å². The first kappa shape index (κ1) is 28.9. The number of benzene rings is 2. The van der Waals surface area contributed by atoms with Crippen LogP contribution in [0.2, 0.25) is 0 Å². The third kappa shape index (κ3) is 8.20. The Morgan fingerprint density at radius 2 is 1.77 bits per heavy atom. The van der Waals surface area contributed by atoms with E-state index in [0.29, 0.717) is 12.3 Å². The Labute approximate surface area is 231 Å². The van der Waals surface area contributed by atoms with Gasteiger partial charge in [-0.15, -0.1) is 0 Å². The van der Waals surface area contributed by atoms with Crippen molar-refractivity contribution in [2.75, 3.05) is 0 Å². The lowest BCUT2D eigenvalue weighted by molar-refractivity contribution is -0.197. The molecule has 0 radical (unpaired) electrons. The van der Waals surface area contributed by atoms with E-state index in [1.165, 1.54) is 12.1 Å². The van der Waals surface area contributed by atoms with Gasteiger partial charge in [0.15, 0.2) is 5.79 Å². The molecule has 0 bridgehead atoms. The largest absolute Gasteiger partial charge is 0.460 e. The van der Waals surface area contributed by atoms with Crippen LogP contribution in [0, 0.1) is 11.7 Å². The monoisotopic (exact) mass is 533 g/mol. The summed E-state index contributed by atoms with van der Waals surface area (Å²) in [5.74, 6) is -1.57. The molecule has 1 aromatic heterocycles. The fraction of sp³-hybridized carbons (Fsp3) is 0.455. The zero-order valence-electron chi connectivity index (χ0n) is 23.8. The van der Waals surface area contributed by atoms with Crippen LogP contribution in [0.3, 0.4) is 0 Å². The predicted molar refractivity (Wildman–Crippen MR) is 154 cm³/mol. The molecule has 4 rings (SSSR count). The molecular weight excluding hydrogens is 493 g/mol. The van der Waals surface area contributed by atoms with Gasteiger partial charge in [0.2, 0.25) is 0 Å². The molecule has 1 aliphatic carbocycles. The zero-order valence-corrected chi connectivity index (χ0v) is 23.8. The van der Waals surface area contributed by atoms with E-state index in [9.17, 15) is 14.3 Å². The van der Waals surface area contributed by atoms with Gasteiger partial charge in [-0.05, 0) is 83.6 Å². The lowest BCUT2D eigenvalue weighted by Gasteiger charge is -2.27. The minimum absolute atomic E-state index is 0.0361. The number of hydrogen-bond acceptors (Lipinski definition) is 5. The lowest BCUT2D eigenvalue weighted by Crippen LogP contribution is -2.31. The summed E-state index contributed by atoms with van der Waals surface area (Å²) in [5, 5.41) is 11.5. The van der Waals surface area contributed by atoms with Crippen LogP contribution in [0.5, 0.6) is 0 Å². The van der Waals surface area contributed by atoms with E-state index in [0.717, 1.165) is 46.1 Å². The summed E-state index contributed by atoms with van der Waals surface area (Å²) in [6.07, 6.45) is 6.45. The maximum absolute atomic E-state index is 13.8. The topological polar surface area (TPSA) is 68.7 Å². The third-order valence-corrected chi connectivity index (χ3v) is 6.54. The van der Waals surface area contributed by atoms with Gasteiger partial charge in [-0.25, -0.2) is 4.39 Å². The van der Waals surface area contributed by atoms with Crippen molar-refractivity contribution in [3.05, 3.63) is 71.7 Å². The molecule has 2 aromatic carbocycles. The molecule has 1 heterocycles. The highest BCUT2D eigenvalue weighted by molar-refractivity contribution is 5.99. The molecule has 1 aliphatic rings. The Balaban J connectivity index is 1.73. The van der Waals surface area contributed by atoms with Crippen LogP contribution < -0.4 is 0 Å². The number of hydrogen-bond donors (Lipinski definition) is 1. The highest BCUT2D eigenvalue weighted by Crippen LogP contribution is 2.45. The fourth-order valence-corrected chi connectivity index (χ4v) is 4.90. The number of esters is 1. The van der Waals surface area contributed by atoms with Gasteiger partial charge in [0.25, 0.3) is 0 Å². The van der Waals surface area contributed by atoms with Gasteiger partial charge in [0.05, 0.1) is 17.3 Å². The summed E-state index contributed by atoms with van der Waals surface area (Å²) >= 11 is 0. The van der Waals surface area contributed by atoms with Crippen molar-refractivity contribution in [1.29, 1.82) is 0 Å². The van der Waals surface area contributed by atoms with Crippen LogP contribution in [-0.4, -0.2) is 33.6 Å². The average molecular weight is 534 g/mol. The minimum atomic E-state index is -1.36. The van der Waals surface area contributed by atoms with Crippen LogP contribution in [0.25, 0.3) is 28.1 Å². The predicted octanol–water partition coefficient (Wildman–Crippen LogP) is 7.80. The summed E-state index contributed by atoms with van der Waals surface area (Å²) in [6, 6.07) is 14.6. The lowest BCUT2D eigenvalue weighted by atomic mass is 9.91. The summed E-state index contributed by atoms with van der Waals surface area (Å²) in [4.78, 5) is 17.5. The molecule has 208 valence electrons. The van der Waals surface area contributed by atoms with Gasteiger partial charge in [0.1, 0.15) is 11.4 Å². The summed E-state index contributed by atoms with van der Waals surface area (Å²) in [6.45, 7) is 10.7. The first-order valence-corrected chi connectivity index (χ1v) is 13.8. The van der Waals surface area contributed by atoms with E-state index < -0.39 is 17.5 Å². The number of carbonyl (C=O) groups excluding carboxylic acids is 1. The molecule has 39 heavy (non-hydrogen) atoms. The number of para-hydroxylation sites is 1. The van der Waals surface area contributed by atoms with E-state index in [1.54, 1.807) is 26.0 Å². The number of nitrogens with zero attached hydrogens (tertiary/aromatic N) is 1. The first-order valence-electron chi connectivity index (χ1n) is 13.8. The van der Waals surface area contributed by atoms with Crippen molar-refractivity contribution in [3.8, 4) is 11.1 Å². The van der Waals surface area contributed by atoms with Crippen LogP contribution in [0.1, 0.15) is 84.4 Å². The SMILES string of the molecule is C[C@@H](CC(=O)OC(C)(C)C)C[C@@H](/C=C/c1c(C2CC2)nc2ccccc2c1-c1ccc(F)cc1)OC(C)(C)O. The average Bonchev–Trinajstić information content (AvgIpc) is 3.65. The maximum atomic E-state index is 13.8. The highest BCUT2D eigenvalue weighted by atomic mass is 19.1. The van der Waals surface area contributed by atoms with E-state index >= 15 is 0 Å². The van der Waals surface area contributed by atoms with Crippen LogP contribution >= 0.6 is 0 Å². The summed E-state index contributed by atoms with van der Waals surface area (Å²) in [5.41, 5.74) is 4.28. The molecular formula is C33H40FNO4. The van der Waals surface area contributed by atoms with Crippen molar-refractivity contribution in [1.82, 2.24) is 4.98 Å². The van der Waals surface area contributed by atoms with Gasteiger partial charge >= 0.3 is 5.97 Å². The molecule has 0 aliphatic heterocycles. The van der Waals surface area contributed by atoms with Gasteiger partial charge in [-0.1, -0.05) is 49.4 Å². The molecule has 5 nitrogen and oxygen atoms in total. The number of aliphatic hydroxyl groups is 1. The van der Waals surface area contributed by atoms with Gasteiger partial charge in [-0.3, -0.25) is 9.78 Å². The fourth-order valence-electron chi connectivity index (χ4n) is 4.90. The molecule has 6 heteroatoms. The molecule has 0 spiro atoms.